The predicted molar refractivity (Wildman–Crippen MR) is 93.8 cm³/mol. The highest BCUT2D eigenvalue weighted by Crippen LogP contribution is 2.27. The first-order valence-electron chi connectivity index (χ1n) is 6.27. The maximum Gasteiger partial charge on any atom is 0.191 e. The van der Waals surface area contributed by atoms with E-state index in [1.54, 1.807) is 11.3 Å². The number of hydrogen-bond acceptors (Lipinski definition) is 3. The first-order valence-corrected chi connectivity index (χ1v) is 7.15. The fourth-order valence-corrected chi connectivity index (χ4v) is 2.38. The van der Waals surface area contributed by atoms with Crippen LogP contribution < -0.4 is 10.6 Å². The molecular weight excluding hydrogens is 373 g/mol. The number of nitrogens with zero attached hydrogens (tertiary/aromatic N) is 1. The molecule has 1 aromatic rings. The number of halogens is 1. The van der Waals surface area contributed by atoms with Crippen LogP contribution in [0.3, 0.4) is 0 Å². The Bertz CT molecular complexity index is 366. The second kappa shape index (κ2) is 9.55. The number of aliphatic imine (C=N–C) groups is 1. The number of aliphatic hydroxyl groups excluding tert-OH is 1. The third kappa shape index (κ3) is 6.58. The molecule has 0 fully saturated rings. The Hall–Kier alpha value is -0.340. The van der Waals surface area contributed by atoms with Crippen molar-refractivity contribution in [3.8, 4) is 0 Å². The van der Waals surface area contributed by atoms with E-state index in [9.17, 15) is 0 Å². The summed E-state index contributed by atoms with van der Waals surface area (Å²) < 4.78 is 0. The van der Waals surface area contributed by atoms with Gasteiger partial charge in [-0.2, -0.15) is 0 Å². The Morgan fingerprint density at radius 2 is 2.16 bits per heavy atom. The first-order chi connectivity index (χ1) is 8.60. The molecular formula is C13H24IN3OS. The molecule has 0 radical (unpaired) electrons. The van der Waals surface area contributed by atoms with E-state index in [0.717, 1.165) is 12.5 Å². The van der Waals surface area contributed by atoms with Gasteiger partial charge in [-0.25, -0.2) is 0 Å². The molecule has 0 saturated heterocycles. The van der Waals surface area contributed by atoms with Gasteiger partial charge in [-0.3, -0.25) is 4.99 Å². The van der Waals surface area contributed by atoms with Gasteiger partial charge >= 0.3 is 0 Å². The summed E-state index contributed by atoms with van der Waals surface area (Å²) >= 11 is 1.76. The number of hydrogen-bond donors (Lipinski definition) is 3. The van der Waals surface area contributed by atoms with Crippen LogP contribution in [-0.4, -0.2) is 37.3 Å². The van der Waals surface area contributed by atoms with Gasteiger partial charge in [0.05, 0.1) is 13.2 Å². The van der Waals surface area contributed by atoms with Gasteiger partial charge in [0.25, 0.3) is 0 Å². The number of guanidine groups is 1. The van der Waals surface area contributed by atoms with Crippen molar-refractivity contribution < 1.29 is 5.11 Å². The van der Waals surface area contributed by atoms with Crippen LogP contribution in [0.5, 0.6) is 0 Å². The number of thiophene rings is 1. The topological polar surface area (TPSA) is 56.7 Å². The van der Waals surface area contributed by atoms with Gasteiger partial charge in [0.15, 0.2) is 5.96 Å². The summed E-state index contributed by atoms with van der Waals surface area (Å²) in [4.78, 5) is 5.91. The van der Waals surface area contributed by atoms with Crippen molar-refractivity contribution in [1.29, 1.82) is 0 Å². The molecule has 0 atom stereocenters. The van der Waals surface area contributed by atoms with E-state index in [-0.39, 0.29) is 36.0 Å². The molecule has 0 aliphatic heterocycles. The normalized spacial score (nSPS) is 11.9. The maximum atomic E-state index is 8.82. The Labute approximate surface area is 136 Å². The third-order valence-electron chi connectivity index (χ3n) is 2.57. The summed E-state index contributed by atoms with van der Waals surface area (Å²) in [5, 5.41) is 17.2. The zero-order chi connectivity index (χ0) is 13.4. The summed E-state index contributed by atoms with van der Waals surface area (Å²) in [6, 6.07) is 4.22. The van der Waals surface area contributed by atoms with Gasteiger partial charge in [0.2, 0.25) is 0 Å². The van der Waals surface area contributed by atoms with E-state index in [2.05, 4.69) is 47.0 Å². The highest BCUT2D eigenvalue weighted by molar-refractivity contribution is 14.0. The van der Waals surface area contributed by atoms with Crippen LogP contribution in [0.2, 0.25) is 0 Å². The molecule has 0 bridgehead atoms. The van der Waals surface area contributed by atoms with Crippen molar-refractivity contribution >= 4 is 41.3 Å². The average Bonchev–Trinajstić information content (AvgIpc) is 2.87. The summed E-state index contributed by atoms with van der Waals surface area (Å²) in [5.74, 6) is 0.760. The van der Waals surface area contributed by atoms with Crippen LogP contribution in [0.1, 0.15) is 25.6 Å². The van der Waals surface area contributed by atoms with E-state index in [0.29, 0.717) is 13.1 Å². The quantitative estimate of drug-likeness (QED) is 0.392. The summed E-state index contributed by atoms with van der Waals surface area (Å²) in [6.07, 6.45) is 0. The molecule has 110 valence electrons. The minimum atomic E-state index is 0. The fourth-order valence-electron chi connectivity index (χ4n) is 1.53. The van der Waals surface area contributed by atoms with Crippen molar-refractivity contribution in [1.82, 2.24) is 10.6 Å². The molecule has 0 aromatic carbocycles. The van der Waals surface area contributed by atoms with Crippen molar-refractivity contribution in [2.24, 2.45) is 4.99 Å². The SMILES string of the molecule is CCNC(=NCC(C)(C)c1cccs1)NCCO.I. The molecule has 0 spiro atoms. The van der Waals surface area contributed by atoms with Gasteiger partial charge in [-0.15, -0.1) is 35.3 Å². The van der Waals surface area contributed by atoms with Crippen molar-refractivity contribution in [3.05, 3.63) is 22.4 Å². The lowest BCUT2D eigenvalue weighted by atomic mass is 9.92. The molecule has 1 aromatic heterocycles. The minimum Gasteiger partial charge on any atom is -0.395 e. The Morgan fingerprint density at radius 1 is 1.42 bits per heavy atom. The Morgan fingerprint density at radius 3 is 2.68 bits per heavy atom. The van der Waals surface area contributed by atoms with E-state index in [1.807, 2.05) is 6.92 Å². The van der Waals surface area contributed by atoms with E-state index >= 15 is 0 Å². The first kappa shape index (κ1) is 18.7. The zero-order valence-electron chi connectivity index (χ0n) is 11.8. The van der Waals surface area contributed by atoms with Crippen LogP contribution >= 0.6 is 35.3 Å². The molecule has 1 heterocycles. The number of nitrogens with one attached hydrogen (secondary N) is 2. The number of rotatable bonds is 6. The average molecular weight is 397 g/mol. The Kier molecular flexibility index (Phi) is 9.38. The molecule has 0 unspecified atom stereocenters. The smallest absolute Gasteiger partial charge is 0.191 e. The third-order valence-corrected chi connectivity index (χ3v) is 3.80. The molecule has 4 nitrogen and oxygen atoms in total. The van der Waals surface area contributed by atoms with Crippen LogP contribution in [0.4, 0.5) is 0 Å². The standard InChI is InChI=1S/C13H23N3OS.HI/c1-4-14-12(15-7-8-17)16-10-13(2,3)11-6-5-9-18-11;/h5-6,9,17H,4,7-8,10H2,1-3H3,(H2,14,15,16);1H. The summed E-state index contributed by atoms with van der Waals surface area (Å²) in [7, 11) is 0. The fraction of sp³-hybridized carbons (Fsp3) is 0.615. The van der Waals surface area contributed by atoms with Gasteiger partial charge in [-0.1, -0.05) is 19.9 Å². The second-order valence-electron chi connectivity index (χ2n) is 4.71. The van der Waals surface area contributed by atoms with Crippen LogP contribution in [0.15, 0.2) is 22.5 Å². The van der Waals surface area contributed by atoms with Crippen LogP contribution in [0.25, 0.3) is 0 Å². The van der Waals surface area contributed by atoms with Crippen molar-refractivity contribution in [3.63, 3.8) is 0 Å². The van der Waals surface area contributed by atoms with Crippen LogP contribution in [0, 0.1) is 0 Å². The second-order valence-corrected chi connectivity index (χ2v) is 5.65. The molecule has 3 N–H and O–H groups in total. The Balaban J connectivity index is 0.00000324. The van der Waals surface area contributed by atoms with Gasteiger partial charge < -0.3 is 15.7 Å². The van der Waals surface area contributed by atoms with Gasteiger partial charge in [0.1, 0.15) is 0 Å². The van der Waals surface area contributed by atoms with Gasteiger partial charge in [0, 0.05) is 23.4 Å². The largest absolute Gasteiger partial charge is 0.395 e. The van der Waals surface area contributed by atoms with Crippen LogP contribution in [-0.2, 0) is 5.41 Å². The highest BCUT2D eigenvalue weighted by atomic mass is 127. The molecule has 0 saturated carbocycles. The predicted octanol–water partition coefficient (Wildman–Crippen LogP) is 2.19. The highest BCUT2D eigenvalue weighted by Gasteiger charge is 2.21. The molecule has 19 heavy (non-hydrogen) atoms. The van der Waals surface area contributed by atoms with E-state index < -0.39 is 0 Å². The van der Waals surface area contributed by atoms with Crippen molar-refractivity contribution in [2.75, 3.05) is 26.2 Å². The summed E-state index contributed by atoms with van der Waals surface area (Å²) in [5.41, 5.74) is 0.0374. The lowest BCUT2D eigenvalue weighted by Gasteiger charge is -2.21. The molecule has 0 aliphatic carbocycles. The molecule has 6 heteroatoms. The van der Waals surface area contributed by atoms with E-state index in [1.165, 1.54) is 4.88 Å². The van der Waals surface area contributed by atoms with Gasteiger partial charge in [-0.05, 0) is 18.4 Å². The minimum absolute atomic E-state index is 0. The molecule has 0 aliphatic rings. The lowest BCUT2D eigenvalue weighted by molar-refractivity contribution is 0.300. The molecule has 1 rings (SSSR count). The zero-order valence-corrected chi connectivity index (χ0v) is 14.9. The summed E-state index contributed by atoms with van der Waals surface area (Å²) in [6.45, 7) is 8.57. The maximum absolute atomic E-state index is 8.82. The monoisotopic (exact) mass is 397 g/mol. The molecule has 0 amide bonds. The van der Waals surface area contributed by atoms with E-state index in [4.69, 9.17) is 5.11 Å². The number of aliphatic hydroxyl groups is 1. The lowest BCUT2D eigenvalue weighted by Crippen LogP contribution is -2.39. The van der Waals surface area contributed by atoms with Crippen molar-refractivity contribution in [2.45, 2.75) is 26.2 Å².